The highest BCUT2D eigenvalue weighted by Crippen LogP contribution is 2.32. The van der Waals surface area contributed by atoms with Crippen LogP contribution in [0.2, 0.25) is 0 Å². The van der Waals surface area contributed by atoms with Crippen LogP contribution in [0.25, 0.3) is 0 Å². The summed E-state index contributed by atoms with van der Waals surface area (Å²) >= 11 is 0. The van der Waals surface area contributed by atoms with E-state index in [1.807, 2.05) is 22.9 Å². The fourth-order valence-corrected chi connectivity index (χ4v) is 2.41. The number of hydrogen-bond donors (Lipinski definition) is 1. The number of aromatic nitrogens is 2. The molecule has 0 saturated heterocycles. The average molecular weight is 271 g/mol. The lowest BCUT2D eigenvalue weighted by Crippen LogP contribution is -2.21. The Bertz CT molecular complexity index is 634. The maximum Gasteiger partial charge on any atom is 0.232 e. The minimum absolute atomic E-state index is 0.0935. The van der Waals surface area contributed by atoms with Gasteiger partial charge in [-0.25, -0.2) is 4.98 Å². The molecule has 2 aromatic rings. The summed E-state index contributed by atoms with van der Waals surface area (Å²) in [5.74, 6) is 1.01. The highest BCUT2D eigenvalue weighted by molar-refractivity contribution is 6.09. The third-order valence-corrected chi connectivity index (χ3v) is 3.31. The zero-order valence-electron chi connectivity index (χ0n) is 11.4. The second-order valence-corrected chi connectivity index (χ2v) is 4.73. The lowest BCUT2D eigenvalue weighted by molar-refractivity contribution is 0.102. The Kier molecular flexibility index (Phi) is 3.41. The van der Waals surface area contributed by atoms with Crippen LogP contribution >= 0.6 is 0 Å². The van der Waals surface area contributed by atoms with Crippen LogP contribution in [0.3, 0.4) is 0 Å². The number of ether oxygens (including phenoxy) is 1. The second-order valence-electron chi connectivity index (χ2n) is 4.73. The number of benzene rings is 1. The van der Waals surface area contributed by atoms with Gasteiger partial charge in [-0.3, -0.25) is 4.79 Å². The van der Waals surface area contributed by atoms with E-state index in [0.29, 0.717) is 23.7 Å². The molecule has 0 aliphatic carbocycles. The molecule has 0 radical (unpaired) electrons. The maximum absolute atomic E-state index is 12.7. The average Bonchev–Trinajstić information content (AvgIpc) is 2.94. The van der Waals surface area contributed by atoms with Crippen LogP contribution in [0.15, 0.2) is 30.6 Å². The van der Waals surface area contributed by atoms with Gasteiger partial charge < -0.3 is 14.6 Å². The van der Waals surface area contributed by atoms with Gasteiger partial charge in [0.05, 0.1) is 11.3 Å². The van der Waals surface area contributed by atoms with Crippen LogP contribution in [-0.2, 0) is 6.54 Å². The molecule has 1 aromatic heterocycles. The summed E-state index contributed by atoms with van der Waals surface area (Å²) in [6, 6.07) is 5.57. The van der Waals surface area contributed by atoms with Gasteiger partial charge in [-0.2, -0.15) is 0 Å². The summed E-state index contributed by atoms with van der Waals surface area (Å²) in [7, 11) is 0. The van der Waals surface area contributed by atoms with Crippen LogP contribution in [0.4, 0.5) is 5.69 Å². The Morgan fingerprint density at radius 1 is 1.50 bits per heavy atom. The molecule has 0 spiro atoms. The number of fused-ring (bicyclic) bond motifs is 1. The number of imidazole rings is 1. The topological polar surface area (TPSA) is 56.2 Å². The van der Waals surface area contributed by atoms with Gasteiger partial charge in [0, 0.05) is 25.5 Å². The third-order valence-electron chi connectivity index (χ3n) is 3.31. The van der Waals surface area contributed by atoms with Gasteiger partial charge in [-0.05, 0) is 18.6 Å². The van der Waals surface area contributed by atoms with Gasteiger partial charge in [-0.1, -0.05) is 13.0 Å². The van der Waals surface area contributed by atoms with Crippen LogP contribution in [0, 0.1) is 0 Å². The standard InChI is InChI=1S/C15H17N3O2/c1-2-8-18-9-6-17-15(18)13(19)11-4-3-5-12-14(11)20-10-7-16-12/h3-6,9,16H,2,7-8,10H2,1H3. The number of anilines is 1. The molecule has 3 rings (SSSR count). The Morgan fingerprint density at radius 2 is 2.40 bits per heavy atom. The molecule has 0 atom stereocenters. The zero-order valence-corrected chi connectivity index (χ0v) is 11.4. The molecule has 104 valence electrons. The third kappa shape index (κ3) is 2.15. The highest BCUT2D eigenvalue weighted by atomic mass is 16.5. The van der Waals surface area contributed by atoms with Crippen LogP contribution in [0.5, 0.6) is 5.75 Å². The van der Waals surface area contributed by atoms with E-state index in [9.17, 15) is 4.79 Å². The number of hydrogen-bond acceptors (Lipinski definition) is 4. The predicted molar refractivity (Wildman–Crippen MR) is 76.4 cm³/mol. The van der Waals surface area contributed by atoms with Gasteiger partial charge in [0.25, 0.3) is 0 Å². The van der Waals surface area contributed by atoms with Crippen LogP contribution < -0.4 is 10.1 Å². The van der Waals surface area contributed by atoms with Crippen LogP contribution in [-0.4, -0.2) is 28.5 Å². The lowest BCUT2D eigenvalue weighted by atomic mass is 10.1. The minimum atomic E-state index is -0.0935. The number of carbonyl (C=O) groups excluding carboxylic acids is 1. The van der Waals surface area contributed by atoms with Crippen molar-refractivity contribution < 1.29 is 9.53 Å². The van der Waals surface area contributed by atoms with Crippen molar-refractivity contribution >= 4 is 11.5 Å². The van der Waals surface area contributed by atoms with Crippen molar-refractivity contribution in [2.45, 2.75) is 19.9 Å². The van der Waals surface area contributed by atoms with Crippen LogP contribution in [0.1, 0.15) is 29.5 Å². The summed E-state index contributed by atoms with van der Waals surface area (Å²) in [4.78, 5) is 16.9. The summed E-state index contributed by atoms with van der Waals surface area (Å²) in [5.41, 5.74) is 1.44. The molecule has 1 N–H and O–H groups in total. The molecular formula is C15H17N3O2. The van der Waals surface area contributed by atoms with E-state index in [-0.39, 0.29) is 5.78 Å². The first-order valence-electron chi connectivity index (χ1n) is 6.86. The SMILES string of the molecule is CCCn1ccnc1C(=O)c1cccc2c1OCCN2. The maximum atomic E-state index is 12.7. The monoisotopic (exact) mass is 271 g/mol. The molecule has 1 aliphatic rings. The molecule has 0 amide bonds. The number of rotatable bonds is 4. The molecule has 1 aromatic carbocycles. The number of ketones is 1. The quantitative estimate of drug-likeness (QED) is 0.867. The van der Waals surface area contributed by atoms with E-state index in [0.717, 1.165) is 25.2 Å². The number of nitrogens with zero attached hydrogens (tertiary/aromatic N) is 2. The van der Waals surface area contributed by atoms with Crippen molar-refractivity contribution in [1.29, 1.82) is 0 Å². The van der Waals surface area contributed by atoms with E-state index < -0.39 is 0 Å². The molecule has 0 saturated carbocycles. The molecule has 1 aliphatic heterocycles. The van der Waals surface area contributed by atoms with Gasteiger partial charge in [0.1, 0.15) is 6.61 Å². The Balaban J connectivity index is 2.00. The van der Waals surface area contributed by atoms with Gasteiger partial charge in [-0.15, -0.1) is 0 Å². The highest BCUT2D eigenvalue weighted by Gasteiger charge is 2.22. The predicted octanol–water partition coefficient (Wildman–Crippen LogP) is 2.33. The fraction of sp³-hybridized carbons (Fsp3) is 0.333. The van der Waals surface area contributed by atoms with E-state index >= 15 is 0 Å². The molecule has 0 unspecified atom stereocenters. The largest absolute Gasteiger partial charge is 0.489 e. The van der Waals surface area contributed by atoms with Gasteiger partial charge in [0.15, 0.2) is 11.6 Å². The molecule has 20 heavy (non-hydrogen) atoms. The summed E-state index contributed by atoms with van der Waals surface area (Å²) in [5, 5.41) is 3.24. The summed E-state index contributed by atoms with van der Waals surface area (Å²) < 4.78 is 7.54. The van der Waals surface area contributed by atoms with Gasteiger partial charge in [0.2, 0.25) is 5.78 Å². The number of para-hydroxylation sites is 1. The van der Waals surface area contributed by atoms with E-state index in [1.165, 1.54) is 0 Å². The Morgan fingerprint density at radius 3 is 3.25 bits per heavy atom. The first-order valence-corrected chi connectivity index (χ1v) is 6.86. The molecular weight excluding hydrogens is 254 g/mol. The van der Waals surface area contributed by atoms with Gasteiger partial charge >= 0.3 is 0 Å². The van der Waals surface area contributed by atoms with Crippen molar-refractivity contribution in [2.24, 2.45) is 0 Å². The van der Waals surface area contributed by atoms with E-state index in [1.54, 1.807) is 12.3 Å². The molecule has 0 fully saturated rings. The van der Waals surface area contributed by atoms with Crippen molar-refractivity contribution in [2.75, 3.05) is 18.5 Å². The van der Waals surface area contributed by atoms with Crippen molar-refractivity contribution in [1.82, 2.24) is 9.55 Å². The van der Waals surface area contributed by atoms with Crippen molar-refractivity contribution in [3.63, 3.8) is 0 Å². The Hall–Kier alpha value is -2.30. The summed E-state index contributed by atoms with van der Waals surface area (Å²) in [6.07, 6.45) is 4.46. The van der Waals surface area contributed by atoms with Crippen molar-refractivity contribution in [3.8, 4) is 5.75 Å². The first kappa shape index (κ1) is 12.7. The Labute approximate surface area is 117 Å². The second kappa shape index (κ2) is 5.36. The number of carbonyl (C=O) groups is 1. The molecule has 5 nitrogen and oxygen atoms in total. The smallest absolute Gasteiger partial charge is 0.232 e. The fourth-order valence-electron chi connectivity index (χ4n) is 2.41. The molecule has 2 heterocycles. The minimum Gasteiger partial charge on any atom is -0.489 e. The molecule has 5 heteroatoms. The molecule has 0 bridgehead atoms. The first-order chi connectivity index (χ1) is 9.81. The number of nitrogens with one attached hydrogen (secondary N) is 1. The van der Waals surface area contributed by atoms with E-state index in [2.05, 4.69) is 17.2 Å². The summed E-state index contributed by atoms with van der Waals surface area (Å²) in [6.45, 7) is 4.19. The normalized spacial score (nSPS) is 13.2. The van der Waals surface area contributed by atoms with E-state index in [4.69, 9.17) is 4.74 Å². The zero-order chi connectivity index (χ0) is 13.9. The van der Waals surface area contributed by atoms with Crippen molar-refractivity contribution in [3.05, 3.63) is 42.0 Å². The number of aryl methyl sites for hydroxylation is 1. The lowest BCUT2D eigenvalue weighted by Gasteiger charge is -2.21.